The number of carbonyl (C=O) groups is 1. The van der Waals surface area contributed by atoms with Crippen LogP contribution in [-0.4, -0.2) is 24.0 Å². The number of hydrogen-bond acceptors (Lipinski definition) is 3. The van der Waals surface area contributed by atoms with Crippen molar-refractivity contribution in [2.24, 2.45) is 5.92 Å². The van der Waals surface area contributed by atoms with Gasteiger partial charge in [-0.05, 0) is 56.1 Å². The van der Waals surface area contributed by atoms with E-state index in [1.54, 1.807) is 6.20 Å². The molecule has 1 aliphatic rings. The van der Waals surface area contributed by atoms with Gasteiger partial charge in [-0.1, -0.05) is 11.6 Å². The number of pyridine rings is 1. The van der Waals surface area contributed by atoms with Gasteiger partial charge >= 0.3 is 0 Å². The van der Waals surface area contributed by atoms with Crippen molar-refractivity contribution < 1.29 is 4.79 Å². The van der Waals surface area contributed by atoms with Gasteiger partial charge < -0.3 is 10.6 Å². The van der Waals surface area contributed by atoms with Gasteiger partial charge in [-0.25, -0.2) is 0 Å². The average Bonchev–Trinajstić information content (AvgIpc) is 2.96. The minimum atomic E-state index is 0.0135. The van der Waals surface area contributed by atoms with E-state index in [2.05, 4.69) is 15.6 Å². The van der Waals surface area contributed by atoms with Crippen LogP contribution in [-0.2, 0) is 4.79 Å². The Kier molecular flexibility index (Phi) is 4.08. The molecule has 1 atom stereocenters. The van der Waals surface area contributed by atoms with E-state index in [1.165, 1.54) is 0 Å². The number of hydrogen-bond donors (Lipinski definition) is 2. The zero-order chi connectivity index (χ0) is 14.8. The van der Waals surface area contributed by atoms with Gasteiger partial charge in [0.2, 0.25) is 5.91 Å². The molecule has 1 fully saturated rings. The van der Waals surface area contributed by atoms with Gasteiger partial charge in [0.15, 0.2) is 0 Å². The number of amides is 1. The Morgan fingerprint density at radius 1 is 1.57 bits per heavy atom. The number of halogens is 1. The topological polar surface area (TPSA) is 54.0 Å². The summed E-state index contributed by atoms with van der Waals surface area (Å²) in [5.41, 5.74) is 2.55. The summed E-state index contributed by atoms with van der Waals surface area (Å²) in [4.78, 5) is 16.6. The molecular weight excluding hydrogens is 286 g/mol. The second-order valence-corrected chi connectivity index (χ2v) is 5.97. The highest BCUT2D eigenvalue weighted by molar-refractivity contribution is 6.35. The summed E-state index contributed by atoms with van der Waals surface area (Å²) in [6, 6.07) is 5.65. The highest BCUT2D eigenvalue weighted by Gasteiger charge is 2.19. The van der Waals surface area contributed by atoms with E-state index >= 15 is 0 Å². The first-order chi connectivity index (χ1) is 10.1. The summed E-state index contributed by atoms with van der Waals surface area (Å²) in [7, 11) is 0. The molecule has 2 aromatic rings. The zero-order valence-electron chi connectivity index (χ0n) is 11.9. The lowest BCUT2D eigenvalue weighted by Gasteiger charge is -2.13. The molecule has 21 heavy (non-hydrogen) atoms. The molecule has 1 unspecified atom stereocenters. The van der Waals surface area contributed by atoms with E-state index in [9.17, 15) is 4.79 Å². The SMILES string of the molecule is Cc1cc(Cl)c(NC(=O)CC2CCNC2)c2cccnc12. The van der Waals surface area contributed by atoms with Crippen molar-refractivity contribution in [2.45, 2.75) is 19.8 Å². The summed E-state index contributed by atoms with van der Waals surface area (Å²) in [5, 5.41) is 7.69. The van der Waals surface area contributed by atoms with Crippen LogP contribution in [0.15, 0.2) is 24.4 Å². The van der Waals surface area contributed by atoms with Crippen molar-refractivity contribution in [3.63, 3.8) is 0 Å². The van der Waals surface area contributed by atoms with Crippen molar-refractivity contribution in [1.82, 2.24) is 10.3 Å². The van der Waals surface area contributed by atoms with Crippen molar-refractivity contribution in [3.05, 3.63) is 35.0 Å². The summed E-state index contributed by atoms with van der Waals surface area (Å²) >= 11 is 6.31. The molecule has 1 aromatic heterocycles. The monoisotopic (exact) mass is 303 g/mol. The number of carbonyl (C=O) groups excluding carboxylic acids is 1. The molecule has 110 valence electrons. The van der Waals surface area contributed by atoms with Crippen LogP contribution in [0, 0.1) is 12.8 Å². The number of nitrogens with one attached hydrogen (secondary N) is 2. The minimum Gasteiger partial charge on any atom is -0.324 e. The first-order valence-electron chi connectivity index (χ1n) is 7.19. The fourth-order valence-corrected chi connectivity index (χ4v) is 3.16. The van der Waals surface area contributed by atoms with Gasteiger partial charge in [-0.15, -0.1) is 0 Å². The highest BCUT2D eigenvalue weighted by atomic mass is 35.5. The Morgan fingerprint density at radius 3 is 3.19 bits per heavy atom. The van der Waals surface area contributed by atoms with Gasteiger partial charge in [-0.3, -0.25) is 9.78 Å². The van der Waals surface area contributed by atoms with E-state index < -0.39 is 0 Å². The van der Waals surface area contributed by atoms with Crippen LogP contribution >= 0.6 is 11.6 Å². The molecular formula is C16H18ClN3O. The van der Waals surface area contributed by atoms with Crippen molar-refractivity contribution in [1.29, 1.82) is 0 Å². The molecule has 1 aromatic carbocycles. The largest absolute Gasteiger partial charge is 0.324 e. The maximum atomic E-state index is 12.2. The maximum Gasteiger partial charge on any atom is 0.224 e. The van der Waals surface area contributed by atoms with Gasteiger partial charge in [0.05, 0.1) is 16.2 Å². The van der Waals surface area contributed by atoms with Gasteiger partial charge in [0.25, 0.3) is 0 Å². The highest BCUT2D eigenvalue weighted by Crippen LogP contribution is 2.33. The molecule has 1 amide bonds. The molecule has 4 nitrogen and oxygen atoms in total. The lowest BCUT2D eigenvalue weighted by molar-refractivity contribution is -0.116. The van der Waals surface area contributed by atoms with Gasteiger partial charge in [0, 0.05) is 18.0 Å². The van der Waals surface area contributed by atoms with Gasteiger partial charge in [-0.2, -0.15) is 0 Å². The molecule has 0 spiro atoms. The molecule has 0 aliphatic carbocycles. The smallest absolute Gasteiger partial charge is 0.224 e. The number of benzene rings is 1. The van der Waals surface area contributed by atoms with Gasteiger partial charge in [0.1, 0.15) is 0 Å². The molecule has 2 heterocycles. The Morgan fingerprint density at radius 2 is 2.43 bits per heavy atom. The Labute approximate surface area is 128 Å². The van der Waals surface area contributed by atoms with Crippen LogP contribution in [0.3, 0.4) is 0 Å². The Bertz CT molecular complexity index is 681. The Balaban J connectivity index is 1.87. The third-order valence-electron chi connectivity index (χ3n) is 3.93. The molecule has 3 rings (SSSR count). The number of fused-ring (bicyclic) bond motifs is 1. The zero-order valence-corrected chi connectivity index (χ0v) is 12.7. The van der Waals surface area contributed by atoms with E-state index in [4.69, 9.17) is 11.6 Å². The third-order valence-corrected chi connectivity index (χ3v) is 4.23. The van der Waals surface area contributed by atoms with E-state index in [-0.39, 0.29) is 5.91 Å². The summed E-state index contributed by atoms with van der Waals surface area (Å²) in [5.74, 6) is 0.429. The quantitative estimate of drug-likeness (QED) is 0.916. The molecule has 0 radical (unpaired) electrons. The minimum absolute atomic E-state index is 0.0135. The molecule has 0 saturated carbocycles. The lowest BCUT2D eigenvalue weighted by atomic mass is 10.0. The van der Waals surface area contributed by atoms with Crippen LogP contribution < -0.4 is 10.6 Å². The molecule has 0 bridgehead atoms. The molecule has 2 N–H and O–H groups in total. The predicted molar refractivity (Wildman–Crippen MR) is 85.7 cm³/mol. The number of rotatable bonds is 3. The summed E-state index contributed by atoms with van der Waals surface area (Å²) in [6.07, 6.45) is 3.33. The van der Waals surface area contributed by atoms with Crippen molar-refractivity contribution in [2.75, 3.05) is 18.4 Å². The fourth-order valence-electron chi connectivity index (χ4n) is 2.85. The van der Waals surface area contributed by atoms with Crippen molar-refractivity contribution >= 4 is 34.1 Å². The second kappa shape index (κ2) is 6.00. The number of aryl methyl sites for hydroxylation is 1. The average molecular weight is 304 g/mol. The van der Waals surface area contributed by atoms with Crippen LogP contribution in [0.4, 0.5) is 5.69 Å². The van der Waals surface area contributed by atoms with E-state index in [0.29, 0.717) is 23.0 Å². The number of aromatic nitrogens is 1. The number of anilines is 1. The summed E-state index contributed by atoms with van der Waals surface area (Å²) < 4.78 is 0. The van der Waals surface area contributed by atoms with E-state index in [1.807, 2.05) is 25.1 Å². The van der Waals surface area contributed by atoms with E-state index in [0.717, 1.165) is 36.0 Å². The molecule has 5 heteroatoms. The molecule has 1 saturated heterocycles. The third kappa shape index (κ3) is 3.01. The molecule has 1 aliphatic heterocycles. The van der Waals surface area contributed by atoms with Crippen LogP contribution in [0.1, 0.15) is 18.4 Å². The first kappa shape index (κ1) is 14.3. The normalized spacial score (nSPS) is 18.1. The van der Waals surface area contributed by atoms with Crippen LogP contribution in [0.25, 0.3) is 10.9 Å². The maximum absolute atomic E-state index is 12.2. The Hall–Kier alpha value is -1.65. The second-order valence-electron chi connectivity index (χ2n) is 5.56. The standard InChI is InChI=1S/C16H18ClN3O/c1-10-7-13(17)16(12-3-2-5-19-15(10)12)20-14(21)8-11-4-6-18-9-11/h2-3,5,7,11,18H,4,6,8-9H2,1H3,(H,20,21). The van der Waals surface area contributed by atoms with Crippen molar-refractivity contribution in [3.8, 4) is 0 Å². The lowest BCUT2D eigenvalue weighted by Crippen LogP contribution is -2.18. The van der Waals surface area contributed by atoms with Crippen LogP contribution in [0.2, 0.25) is 5.02 Å². The number of nitrogens with zero attached hydrogens (tertiary/aromatic N) is 1. The van der Waals surface area contributed by atoms with Crippen LogP contribution in [0.5, 0.6) is 0 Å². The predicted octanol–water partition coefficient (Wildman–Crippen LogP) is 3.13. The first-order valence-corrected chi connectivity index (χ1v) is 7.57. The summed E-state index contributed by atoms with van der Waals surface area (Å²) in [6.45, 7) is 3.88. The fraction of sp³-hybridized carbons (Fsp3) is 0.375.